The van der Waals surface area contributed by atoms with Crippen LogP contribution < -0.4 is 10.1 Å². The monoisotopic (exact) mass is 590 g/mol. The predicted molar refractivity (Wildman–Crippen MR) is 147 cm³/mol. The molecule has 0 spiro atoms. The Bertz CT molecular complexity index is 1550. The summed E-state index contributed by atoms with van der Waals surface area (Å²) in [5.74, 6) is -1.43. The Morgan fingerprint density at radius 1 is 0.951 bits per heavy atom. The number of carbonyl (C=O) groups is 2. The van der Waals surface area contributed by atoms with E-state index in [0.29, 0.717) is 11.8 Å². The molecule has 0 bridgehead atoms. The van der Waals surface area contributed by atoms with Gasteiger partial charge >= 0.3 is 12.1 Å². The van der Waals surface area contributed by atoms with Crippen LogP contribution in [-0.2, 0) is 32.3 Å². The number of anilines is 1. The molecule has 0 saturated carbocycles. The highest BCUT2D eigenvalue weighted by atomic mass is 32.2. The van der Waals surface area contributed by atoms with Crippen molar-refractivity contribution in [2.24, 2.45) is 0 Å². The number of carbonyl (C=O) groups excluding carboxylic acids is 2. The quantitative estimate of drug-likeness (QED) is 0.242. The number of benzene rings is 3. The molecule has 0 radical (unpaired) electrons. The fourth-order valence-corrected chi connectivity index (χ4v) is 5.01. The van der Waals surface area contributed by atoms with Gasteiger partial charge in [-0.15, -0.1) is 0 Å². The zero-order valence-corrected chi connectivity index (χ0v) is 23.6. The van der Waals surface area contributed by atoms with E-state index >= 15 is 0 Å². The highest BCUT2D eigenvalue weighted by Gasteiger charge is 2.33. The molecule has 1 N–H and O–H groups in total. The van der Waals surface area contributed by atoms with E-state index in [1.54, 1.807) is 32.9 Å². The molecule has 3 rings (SSSR count). The molecule has 41 heavy (non-hydrogen) atoms. The Labute approximate surface area is 236 Å². The summed E-state index contributed by atoms with van der Waals surface area (Å²) >= 11 is 0. The van der Waals surface area contributed by atoms with E-state index < -0.39 is 51.5 Å². The summed E-state index contributed by atoms with van der Waals surface area (Å²) in [5.41, 5.74) is -2.35. The van der Waals surface area contributed by atoms with Gasteiger partial charge < -0.3 is 14.8 Å². The van der Waals surface area contributed by atoms with E-state index in [4.69, 9.17) is 9.47 Å². The third-order valence-electron chi connectivity index (χ3n) is 5.61. The molecule has 0 unspecified atom stereocenters. The molecule has 0 aliphatic heterocycles. The molecule has 12 heteroatoms. The lowest BCUT2D eigenvalue weighted by molar-refractivity contribution is -0.151. The summed E-state index contributed by atoms with van der Waals surface area (Å²) in [4.78, 5) is 25.6. The molecule has 0 fully saturated rings. The lowest BCUT2D eigenvalue weighted by atomic mass is 10.1. The van der Waals surface area contributed by atoms with E-state index in [1.165, 1.54) is 49.6 Å². The van der Waals surface area contributed by atoms with Crippen molar-refractivity contribution in [3.8, 4) is 5.75 Å². The normalized spacial score (nSPS) is 11.9. The van der Waals surface area contributed by atoms with Gasteiger partial charge in [-0.25, -0.2) is 13.2 Å². The van der Waals surface area contributed by atoms with Crippen molar-refractivity contribution in [3.63, 3.8) is 0 Å². The van der Waals surface area contributed by atoms with E-state index in [-0.39, 0.29) is 21.7 Å². The smallest absolute Gasteiger partial charge is 0.416 e. The predicted octanol–water partition coefficient (Wildman–Crippen LogP) is 6.01. The first-order valence-corrected chi connectivity index (χ1v) is 13.6. The molecule has 3 aromatic carbocycles. The van der Waals surface area contributed by atoms with Gasteiger partial charge in [0.2, 0.25) is 0 Å². The molecule has 0 aliphatic carbocycles. The van der Waals surface area contributed by atoms with Gasteiger partial charge in [-0.2, -0.15) is 13.2 Å². The number of esters is 1. The number of halogens is 3. The number of ether oxygens (including phenoxy) is 2. The summed E-state index contributed by atoms with van der Waals surface area (Å²) in [5, 5.41) is 2.53. The number of hydrogen-bond donors (Lipinski definition) is 1. The van der Waals surface area contributed by atoms with Crippen LogP contribution in [0.1, 0.15) is 42.3 Å². The van der Waals surface area contributed by atoms with Gasteiger partial charge in [0.25, 0.3) is 15.9 Å². The molecule has 0 heterocycles. The Kier molecular flexibility index (Phi) is 9.17. The molecule has 3 aromatic rings. The van der Waals surface area contributed by atoms with Crippen LogP contribution in [0, 0.1) is 0 Å². The summed E-state index contributed by atoms with van der Waals surface area (Å²) in [6.45, 7) is 8.05. The van der Waals surface area contributed by atoms with Crippen LogP contribution in [0.5, 0.6) is 5.75 Å². The lowest BCUT2D eigenvalue weighted by Gasteiger charge is -2.28. The first-order valence-electron chi connectivity index (χ1n) is 12.2. The van der Waals surface area contributed by atoms with E-state index in [9.17, 15) is 31.2 Å². The van der Waals surface area contributed by atoms with Crippen LogP contribution in [0.2, 0.25) is 0 Å². The second-order valence-corrected chi connectivity index (χ2v) is 11.7. The first-order chi connectivity index (χ1) is 19.0. The third-order valence-corrected chi connectivity index (χ3v) is 7.41. The Balaban J connectivity index is 2.01. The van der Waals surface area contributed by atoms with Crippen molar-refractivity contribution in [3.05, 3.63) is 102 Å². The molecule has 0 aliphatic rings. The average molecular weight is 591 g/mol. The van der Waals surface area contributed by atoms with Crippen LogP contribution >= 0.6 is 0 Å². The van der Waals surface area contributed by atoms with Crippen molar-refractivity contribution in [1.82, 2.24) is 4.31 Å². The number of nitrogens with zero attached hydrogens (tertiary/aromatic N) is 1. The summed E-state index contributed by atoms with van der Waals surface area (Å²) in [6, 6.07) is 15.4. The summed E-state index contributed by atoms with van der Waals surface area (Å²) < 4.78 is 78.2. The maximum atomic E-state index is 13.8. The molecule has 218 valence electrons. The van der Waals surface area contributed by atoms with Gasteiger partial charge in [0.1, 0.15) is 17.0 Å². The minimum absolute atomic E-state index is 0.113. The second kappa shape index (κ2) is 12.0. The number of hydrogen-bond acceptors (Lipinski definition) is 6. The summed E-state index contributed by atoms with van der Waals surface area (Å²) in [7, 11) is -2.98. The molecule has 0 atom stereocenters. The van der Waals surface area contributed by atoms with E-state index in [1.807, 2.05) is 0 Å². The molecule has 0 saturated heterocycles. The standard InChI is InChI=1S/C29H29F3N2O6S/c1-19(27(36)40-28(2,3)4)34(41(37,38)24-15-13-23(39-5)14-16-24)18-21-9-6-7-12-25(21)33-26(35)20-10-8-11-22(17-20)29(30,31)32/h6-17H,1,18H2,2-5H3,(H,33,35). The first kappa shape index (κ1) is 31.2. The number of para-hydroxylation sites is 1. The maximum absolute atomic E-state index is 13.8. The average Bonchev–Trinajstić information content (AvgIpc) is 2.90. The fourth-order valence-electron chi connectivity index (χ4n) is 3.61. The van der Waals surface area contributed by atoms with Crippen molar-refractivity contribution in [2.45, 2.75) is 44.0 Å². The van der Waals surface area contributed by atoms with Crippen LogP contribution in [0.4, 0.5) is 18.9 Å². The zero-order valence-electron chi connectivity index (χ0n) is 22.8. The summed E-state index contributed by atoms with van der Waals surface area (Å²) in [6.07, 6.45) is -4.65. The number of amides is 1. The third kappa shape index (κ3) is 7.88. The van der Waals surface area contributed by atoms with Gasteiger partial charge in [0.15, 0.2) is 0 Å². The maximum Gasteiger partial charge on any atom is 0.416 e. The van der Waals surface area contributed by atoms with Gasteiger partial charge in [-0.3, -0.25) is 9.10 Å². The van der Waals surface area contributed by atoms with Crippen LogP contribution in [0.3, 0.4) is 0 Å². The number of methoxy groups -OCH3 is 1. The molecule has 1 amide bonds. The molecular formula is C29H29F3N2O6S. The van der Waals surface area contributed by atoms with E-state index in [0.717, 1.165) is 16.4 Å². The van der Waals surface area contributed by atoms with Gasteiger partial charge in [-0.05, 0) is 74.9 Å². The van der Waals surface area contributed by atoms with Crippen LogP contribution in [-0.4, -0.2) is 37.3 Å². The minimum Gasteiger partial charge on any atom is -0.497 e. The van der Waals surface area contributed by atoms with Crippen LogP contribution in [0.25, 0.3) is 0 Å². The number of alkyl halides is 3. The van der Waals surface area contributed by atoms with Crippen molar-refractivity contribution in [2.75, 3.05) is 12.4 Å². The number of sulfonamides is 1. The largest absolute Gasteiger partial charge is 0.497 e. The van der Waals surface area contributed by atoms with Crippen LogP contribution in [0.15, 0.2) is 90.0 Å². The Morgan fingerprint density at radius 3 is 2.17 bits per heavy atom. The number of nitrogens with one attached hydrogen (secondary N) is 1. The topological polar surface area (TPSA) is 102 Å². The highest BCUT2D eigenvalue weighted by Crippen LogP contribution is 2.31. The molecular weight excluding hydrogens is 561 g/mol. The van der Waals surface area contributed by atoms with Crippen molar-refractivity contribution >= 4 is 27.6 Å². The minimum atomic E-state index is -4.65. The Hall–Kier alpha value is -4.32. The lowest BCUT2D eigenvalue weighted by Crippen LogP contribution is -2.36. The Morgan fingerprint density at radius 2 is 1.59 bits per heavy atom. The highest BCUT2D eigenvalue weighted by molar-refractivity contribution is 7.89. The molecule has 0 aromatic heterocycles. The number of rotatable bonds is 9. The van der Waals surface area contributed by atoms with Crippen molar-refractivity contribution in [1.29, 1.82) is 0 Å². The van der Waals surface area contributed by atoms with Gasteiger partial charge in [-0.1, -0.05) is 30.8 Å². The fraction of sp³-hybridized carbons (Fsp3) is 0.241. The zero-order chi connectivity index (χ0) is 30.6. The van der Waals surface area contributed by atoms with Gasteiger partial charge in [0.05, 0.1) is 24.1 Å². The molecule has 8 nitrogen and oxygen atoms in total. The van der Waals surface area contributed by atoms with Gasteiger partial charge in [0, 0.05) is 11.3 Å². The van der Waals surface area contributed by atoms with Crippen molar-refractivity contribution < 1.29 is 40.7 Å². The SMILES string of the molecule is C=C(C(=O)OC(C)(C)C)N(Cc1ccccc1NC(=O)c1cccc(C(F)(F)F)c1)S(=O)(=O)c1ccc(OC)cc1. The van der Waals surface area contributed by atoms with E-state index in [2.05, 4.69) is 11.9 Å². The second-order valence-electron chi connectivity index (χ2n) is 9.83.